The van der Waals surface area contributed by atoms with E-state index in [1.165, 1.54) is 6.07 Å². The normalized spacial score (nSPS) is 10.4. The number of aliphatic carboxylic acids is 1. The minimum absolute atomic E-state index is 0.246. The molecule has 25 heavy (non-hydrogen) atoms. The molecule has 3 aromatic rings. The van der Waals surface area contributed by atoms with Crippen LogP contribution in [0.25, 0.3) is 10.9 Å². The van der Waals surface area contributed by atoms with E-state index in [0.717, 1.165) is 0 Å². The number of amides is 1. The van der Waals surface area contributed by atoms with E-state index in [1.54, 1.807) is 24.3 Å². The molecule has 0 saturated carbocycles. The van der Waals surface area contributed by atoms with Crippen molar-refractivity contribution >= 4 is 22.8 Å². The van der Waals surface area contributed by atoms with E-state index >= 15 is 0 Å². The van der Waals surface area contributed by atoms with Gasteiger partial charge >= 0.3 is 5.97 Å². The number of ether oxygens (including phenoxy) is 1. The molecule has 3 N–H and O–H groups in total. The average molecular weight is 339 g/mol. The number of hydrogen-bond donors (Lipinski definition) is 3. The lowest BCUT2D eigenvalue weighted by Crippen LogP contribution is -2.34. The van der Waals surface area contributed by atoms with Gasteiger partial charge < -0.3 is 15.2 Å². The van der Waals surface area contributed by atoms with Gasteiger partial charge in [-0.05, 0) is 24.3 Å². The fraction of sp³-hybridized carbons (Fsp3) is 0.0588. The molecule has 0 bridgehead atoms. The van der Waals surface area contributed by atoms with Crippen LogP contribution in [-0.4, -0.2) is 33.7 Å². The first kappa shape index (κ1) is 16.2. The topological polar surface area (TPSA) is 121 Å². The summed E-state index contributed by atoms with van der Waals surface area (Å²) in [6.45, 7) is -0.595. The number of carbonyl (C=O) groups is 2. The summed E-state index contributed by atoms with van der Waals surface area (Å²) in [5, 5.41) is 17.3. The van der Waals surface area contributed by atoms with Crippen molar-refractivity contribution in [2.75, 3.05) is 6.54 Å². The van der Waals surface area contributed by atoms with Gasteiger partial charge in [-0.2, -0.15) is 5.10 Å². The standard InChI is InChI=1S/C17H13N3O5/c21-14(22)9-18-17(24)15-16(23)12-7-6-11(8-13(12)19-20-15)25-10-4-2-1-3-5-10/h1-8H,9H2,(H,18,24)(H,19,23)(H,21,22). The predicted octanol–water partition coefficient (Wildman–Crippen LogP) is 1.53. The molecule has 0 fully saturated rings. The number of H-pyrrole nitrogens is 1. The van der Waals surface area contributed by atoms with Crippen LogP contribution in [0.4, 0.5) is 0 Å². The molecule has 0 aliphatic heterocycles. The highest BCUT2D eigenvalue weighted by Gasteiger charge is 2.16. The number of benzene rings is 2. The Morgan fingerprint density at radius 1 is 1.12 bits per heavy atom. The third-order valence-electron chi connectivity index (χ3n) is 3.33. The fourth-order valence-corrected chi connectivity index (χ4v) is 2.19. The number of carboxylic acid groups (broad SMARTS) is 1. The maximum absolute atomic E-state index is 12.4. The molecule has 0 spiro atoms. The van der Waals surface area contributed by atoms with Gasteiger partial charge in [0.05, 0.1) is 5.52 Å². The zero-order valence-electron chi connectivity index (χ0n) is 12.9. The van der Waals surface area contributed by atoms with Crippen molar-refractivity contribution < 1.29 is 19.4 Å². The molecule has 1 heterocycles. The molecule has 0 atom stereocenters. The first-order valence-corrected chi connectivity index (χ1v) is 7.30. The molecule has 0 unspecified atom stereocenters. The van der Waals surface area contributed by atoms with Crippen LogP contribution >= 0.6 is 0 Å². The zero-order chi connectivity index (χ0) is 17.8. The Labute approximate surface area is 141 Å². The Bertz CT molecular complexity index is 998. The quantitative estimate of drug-likeness (QED) is 0.648. The largest absolute Gasteiger partial charge is 0.480 e. The van der Waals surface area contributed by atoms with Gasteiger partial charge in [0.25, 0.3) is 5.91 Å². The van der Waals surface area contributed by atoms with Crippen LogP contribution in [0.5, 0.6) is 11.5 Å². The van der Waals surface area contributed by atoms with Gasteiger partial charge in [0.15, 0.2) is 5.69 Å². The number of fused-ring (bicyclic) bond motifs is 1. The van der Waals surface area contributed by atoms with Gasteiger partial charge in [0, 0.05) is 11.5 Å². The lowest BCUT2D eigenvalue weighted by Gasteiger charge is -2.07. The Hall–Kier alpha value is -3.68. The van der Waals surface area contributed by atoms with Gasteiger partial charge in [-0.3, -0.25) is 19.5 Å². The second kappa shape index (κ2) is 6.83. The van der Waals surface area contributed by atoms with Crippen molar-refractivity contribution in [3.8, 4) is 11.5 Å². The van der Waals surface area contributed by atoms with E-state index in [2.05, 4.69) is 15.5 Å². The van der Waals surface area contributed by atoms with Gasteiger partial charge in [0.2, 0.25) is 5.43 Å². The molecular formula is C17H13N3O5. The molecule has 1 aromatic heterocycles. The van der Waals surface area contributed by atoms with Crippen LogP contribution in [0, 0.1) is 0 Å². The van der Waals surface area contributed by atoms with E-state index in [1.807, 2.05) is 18.2 Å². The lowest BCUT2D eigenvalue weighted by atomic mass is 10.2. The molecule has 126 valence electrons. The Morgan fingerprint density at radius 2 is 1.88 bits per heavy atom. The summed E-state index contributed by atoms with van der Waals surface area (Å²) in [6, 6.07) is 13.8. The summed E-state index contributed by atoms with van der Waals surface area (Å²) in [5.41, 5.74) is -0.596. The number of carbonyl (C=O) groups excluding carboxylic acids is 1. The SMILES string of the molecule is O=C(O)CNC(=O)c1n[nH]c2cc(Oc3ccccc3)ccc2c1=O. The molecule has 0 aliphatic rings. The van der Waals surface area contributed by atoms with Crippen molar-refractivity contribution in [3.05, 3.63) is 64.4 Å². The van der Waals surface area contributed by atoms with E-state index in [4.69, 9.17) is 9.84 Å². The Morgan fingerprint density at radius 3 is 2.60 bits per heavy atom. The van der Waals surface area contributed by atoms with Crippen LogP contribution in [0.1, 0.15) is 10.5 Å². The number of nitrogens with one attached hydrogen (secondary N) is 2. The second-order valence-corrected chi connectivity index (χ2v) is 5.10. The number of nitrogens with zero attached hydrogens (tertiary/aromatic N) is 1. The van der Waals surface area contributed by atoms with Gasteiger partial charge in [-0.1, -0.05) is 18.2 Å². The number of carboxylic acids is 1. The molecule has 0 radical (unpaired) electrons. The third-order valence-corrected chi connectivity index (χ3v) is 3.33. The molecule has 3 rings (SSSR count). The number of para-hydroxylation sites is 1. The predicted molar refractivity (Wildman–Crippen MR) is 88.8 cm³/mol. The molecule has 0 aliphatic carbocycles. The first-order valence-electron chi connectivity index (χ1n) is 7.30. The van der Waals surface area contributed by atoms with Crippen molar-refractivity contribution in [3.63, 3.8) is 0 Å². The van der Waals surface area contributed by atoms with Gasteiger partial charge in [-0.15, -0.1) is 0 Å². The minimum Gasteiger partial charge on any atom is -0.480 e. The molecular weight excluding hydrogens is 326 g/mol. The molecule has 8 heteroatoms. The smallest absolute Gasteiger partial charge is 0.322 e. The van der Waals surface area contributed by atoms with Crippen LogP contribution < -0.4 is 15.5 Å². The van der Waals surface area contributed by atoms with Crippen molar-refractivity contribution in [1.82, 2.24) is 15.5 Å². The summed E-state index contributed by atoms with van der Waals surface area (Å²) >= 11 is 0. The Balaban J connectivity index is 1.90. The summed E-state index contributed by atoms with van der Waals surface area (Å²) in [7, 11) is 0. The summed E-state index contributed by atoms with van der Waals surface area (Å²) in [5.74, 6) is -0.926. The van der Waals surface area contributed by atoms with E-state index in [0.29, 0.717) is 17.0 Å². The van der Waals surface area contributed by atoms with Crippen LogP contribution in [-0.2, 0) is 4.79 Å². The average Bonchev–Trinajstić information content (AvgIpc) is 2.61. The highest BCUT2D eigenvalue weighted by molar-refractivity contribution is 5.96. The van der Waals surface area contributed by atoms with Crippen molar-refractivity contribution in [1.29, 1.82) is 0 Å². The Kier molecular flexibility index (Phi) is 4.42. The first-order chi connectivity index (χ1) is 12.0. The van der Waals surface area contributed by atoms with Crippen LogP contribution in [0.3, 0.4) is 0 Å². The summed E-state index contributed by atoms with van der Waals surface area (Å²) in [6.07, 6.45) is 0. The van der Waals surface area contributed by atoms with Crippen molar-refractivity contribution in [2.24, 2.45) is 0 Å². The highest BCUT2D eigenvalue weighted by atomic mass is 16.5. The zero-order valence-corrected chi connectivity index (χ0v) is 12.9. The number of aromatic nitrogens is 2. The fourth-order valence-electron chi connectivity index (χ4n) is 2.19. The minimum atomic E-state index is -1.21. The number of hydrogen-bond acceptors (Lipinski definition) is 5. The summed E-state index contributed by atoms with van der Waals surface area (Å²) < 4.78 is 5.67. The van der Waals surface area contributed by atoms with Crippen LogP contribution in [0.15, 0.2) is 53.3 Å². The highest BCUT2D eigenvalue weighted by Crippen LogP contribution is 2.23. The monoisotopic (exact) mass is 339 g/mol. The number of rotatable bonds is 5. The molecule has 2 aromatic carbocycles. The maximum atomic E-state index is 12.4. The van der Waals surface area contributed by atoms with E-state index in [-0.39, 0.29) is 5.39 Å². The number of aromatic amines is 1. The molecule has 0 saturated heterocycles. The lowest BCUT2D eigenvalue weighted by molar-refractivity contribution is -0.135. The maximum Gasteiger partial charge on any atom is 0.322 e. The van der Waals surface area contributed by atoms with Gasteiger partial charge in [0.1, 0.15) is 18.0 Å². The third kappa shape index (κ3) is 3.63. The van der Waals surface area contributed by atoms with E-state index < -0.39 is 29.5 Å². The molecule has 8 nitrogen and oxygen atoms in total. The van der Waals surface area contributed by atoms with Crippen LogP contribution in [0.2, 0.25) is 0 Å². The summed E-state index contributed by atoms with van der Waals surface area (Å²) in [4.78, 5) is 34.7. The van der Waals surface area contributed by atoms with Crippen molar-refractivity contribution in [2.45, 2.75) is 0 Å². The van der Waals surface area contributed by atoms with E-state index in [9.17, 15) is 14.4 Å². The second-order valence-electron chi connectivity index (χ2n) is 5.10. The van der Waals surface area contributed by atoms with Gasteiger partial charge in [-0.25, -0.2) is 0 Å². The molecule has 1 amide bonds.